The fourth-order valence-electron chi connectivity index (χ4n) is 3.14. The van der Waals surface area contributed by atoms with Crippen molar-refractivity contribution < 1.29 is 0 Å². The summed E-state index contributed by atoms with van der Waals surface area (Å²) in [4.78, 5) is 6.61. The second-order valence-corrected chi connectivity index (χ2v) is 7.50. The molecule has 1 heterocycles. The van der Waals surface area contributed by atoms with Crippen LogP contribution < -0.4 is 4.90 Å². The number of rotatable bonds is 2. The van der Waals surface area contributed by atoms with E-state index in [1.54, 1.807) is 18.3 Å². The topological polar surface area (TPSA) is 15.6 Å². The van der Waals surface area contributed by atoms with Gasteiger partial charge in [-0.1, -0.05) is 66.8 Å². The van der Waals surface area contributed by atoms with Crippen LogP contribution in [0.3, 0.4) is 0 Å². The molecule has 0 aromatic heterocycles. The summed E-state index contributed by atoms with van der Waals surface area (Å²) in [5, 5.41) is 1.36. The molecule has 2 aromatic rings. The first-order chi connectivity index (χ1) is 11.3. The number of hydrogen-bond acceptors (Lipinski definition) is 2. The maximum absolute atomic E-state index is 6.17. The molecule has 2 nitrogen and oxygen atoms in total. The third kappa shape index (κ3) is 2.95. The van der Waals surface area contributed by atoms with Crippen LogP contribution in [0.15, 0.2) is 53.2 Å². The molecule has 5 heteroatoms. The van der Waals surface area contributed by atoms with Crippen LogP contribution >= 0.6 is 34.8 Å². The summed E-state index contributed by atoms with van der Waals surface area (Å²) in [5.41, 5.74) is 4.11. The number of halogens is 3. The van der Waals surface area contributed by atoms with Gasteiger partial charge in [-0.2, -0.15) is 0 Å². The van der Waals surface area contributed by atoms with Crippen LogP contribution in [0.2, 0.25) is 15.1 Å². The van der Waals surface area contributed by atoms with Crippen LogP contribution in [0, 0.1) is 0 Å². The molecule has 0 atom stereocenters. The average molecular weight is 380 g/mol. The van der Waals surface area contributed by atoms with E-state index in [0.717, 1.165) is 5.70 Å². The minimum absolute atomic E-state index is 0.0923. The molecule has 0 saturated heterocycles. The molecule has 0 fully saturated rings. The molecule has 24 heavy (non-hydrogen) atoms. The highest BCUT2D eigenvalue weighted by Gasteiger charge is 2.37. The Morgan fingerprint density at radius 1 is 1.04 bits per heavy atom. The number of fused-ring (bicyclic) bond motifs is 1. The fourth-order valence-corrected chi connectivity index (χ4v) is 4.06. The third-order valence-electron chi connectivity index (χ3n) is 4.36. The molecule has 0 bridgehead atoms. The molecule has 1 aliphatic rings. The fraction of sp³-hybridized carbons (Fsp3) is 0.211. The van der Waals surface area contributed by atoms with E-state index in [0.29, 0.717) is 20.8 Å². The number of hydrogen-bond donors (Lipinski definition) is 0. The Balaban J connectivity index is 1.96. The smallest absolute Gasteiger partial charge is 0.100 e. The third-order valence-corrected chi connectivity index (χ3v) is 5.15. The van der Waals surface area contributed by atoms with Crippen molar-refractivity contribution in [2.24, 2.45) is 4.99 Å². The summed E-state index contributed by atoms with van der Waals surface area (Å²) in [6.45, 7) is 4.41. The lowest BCUT2D eigenvalue weighted by molar-refractivity contribution is 0.641. The van der Waals surface area contributed by atoms with Crippen molar-refractivity contribution in [2.75, 3.05) is 11.9 Å². The minimum Gasteiger partial charge on any atom is -0.347 e. The van der Waals surface area contributed by atoms with Gasteiger partial charge in [0.2, 0.25) is 0 Å². The Hall–Kier alpha value is -1.48. The van der Waals surface area contributed by atoms with Gasteiger partial charge in [0.05, 0.1) is 10.0 Å². The van der Waals surface area contributed by atoms with E-state index < -0.39 is 0 Å². The summed E-state index contributed by atoms with van der Waals surface area (Å²) in [6.07, 6.45) is 3.74. The van der Waals surface area contributed by atoms with Crippen LogP contribution in [0.1, 0.15) is 19.4 Å². The van der Waals surface area contributed by atoms with E-state index in [-0.39, 0.29) is 5.41 Å². The SMILES string of the molecule is CN1C(=CC=Nc2c(Cl)cc(Cl)cc2Cl)C(C)(C)c2ccccc21. The lowest BCUT2D eigenvalue weighted by Gasteiger charge is -2.23. The quantitative estimate of drug-likeness (QED) is 0.533. The zero-order valence-corrected chi connectivity index (χ0v) is 15.9. The zero-order valence-electron chi connectivity index (χ0n) is 13.6. The average Bonchev–Trinajstić information content (AvgIpc) is 2.70. The highest BCUT2D eigenvalue weighted by atomic mass is 35.5. The molecular formula is C19H17Cl3N2. The van der Waals surface area contributed by atoms with E-state index in [4.69, 9.17) is 34.8 Å². The largest absolute Gasteiger partial charge is 0.347 e. The maximum atomic E-state index is 6.17. The molecule has 0 amide bonds. The Kier molecular flexibility index (Phi) is 4.65. The van der Waals surface area contributed by atoms with Gasteiger partial charge >= 0.3 is 0 Å². The zero-order chi connectivity index (χ0) is 17.5. The second-order valence-electron chi connectivity index (χ2n) is 6.25. The van der Waals surface area contributed by atoms with Gasteiger partial charge in [0.15, 0.2) is 0 Å². The number of anilines is 1. The molecule has 0 saturated carbocycles. The molecule has 0 spiro atoms. The molecule has 0 radical (unpaired) electrons. The van der Waals surface area contributed by atoms with E-state index in [9.17, 15) is 0 Å². The Labute approximate surface area is 157 Å². The number of allylic oxidation sites excluding steroid dienone is 2. The van der Waals surface area contributed by atoms with Crippen molar-refractivity contribution in [1.82, 2.24) is 0 Å². The first-order valence-corrected chi connectivity index (χ1v) is 8.68. The summed E-state index contributed by atoms with van der Waals surface area (Å²) in [5.74, 6) is 0. The highest BCUT2D eigenvalue weighted by molar-refractivity contribution is 6.41. The predicted molar refractivity (Wildman–Crippen MR) is 106 cm³/mol. The molecule has 3 rings (SSSR count). The number of benzene rings is 2. The first kappa shape index (κ1) is 17.3. The van der Waals surface area contributed by atoms with Gasteiger partial charge < -0.3 is 4.90 Å². The maximum Gasteiger partial charge on any atom is 0.100 e. The van der Waals surface area contributed by atoms with E-state index >= 15 is 0 Å². The molecular weight excluding hydrogens is 363 g/mol. The van der Waals surface area contributed by atoms with Crippen LogP contribution in [-0.2, 0) is 5.41 Å². The van der Waals surface area contributed by atoms with E-state index in [1.807, 2.05) is 6.08 Å². The molecule has 124 valence electrons. The molecule has 1 aliphatic heterocycles. The summed E-state index contributed by atoms with van der Waals surface area (Å²) < 4.78 is 0. The van der Waals surface area contributed by atoms with Crippen LogP contribution in [0.5, 0.6) is 0 Å². The monoisotopic (exact) mass is 378 g/mol. The normalized spacial score (nSPS) is 17.8. The Morgan fingerprint density at radius 3 is 2.29 bits per heavy atom. The van der Waals surface area contributed by atoms with Gasteiger partial charge in [-0.3, -0.25) is 4.99 Å². The van der Waals surface area contributed by atoms with Crippen molar-refractivity contribution in [3.05, 3.63) is 68.8 Å². The molecule has 0 N–H and O–H groups in total. The number of nitrogens with zero attached hydrogens (tertiary/aromatic N) is 2. The Bertz CT molecular complexity index is 830. The van der Waals surface area contributed by atoms with Gasteiger partial charge in [-0.15, -0.1) is 0 Å². The summed E-state index contributed by atoms with van der Waals surface area (Å²) >= 11 is 18.3. The summed E-state index contributed by atoms with van der Waals surface area (Å²) in [7, 11) is 2.06. The van der Waals surface area contributed by atoms with Gasteiger partial charge in [0.25, 0.3) is 0 Å². The van der Waals surface area contributed by atoms with Gasteiger partial charge in [-0.25, -0.2) is 0 Å². The number of para-hydroxylation sites is 1. The molecule has 0 aliphatic carbocycles. The Morgan fingerprint density at radius 2 is 1.67 bits per heavy atom. The van der Waals surface area contributed by atoms with Gasteiger partial charge in [0, 0.05) is 35.1 Å². The minimum atomic E-state index is -0.0923. The van der Waals surface area contributed by atoms with Crippen molar-refractivity contribution in [3.8, 4) is 0 Å². The molecule has 2 aromatic carbocycles. The first-order valence-electron chi connectivity index (χ1n) is 7.55. The van der Waals surface area contributed by atoms with Gasteiger partial charge in [0.1, 0.15) is 5.69 Å². The van der Waals surface area contributed by atoms with E-state index in [1.165, 1.54) is 11.3 Å². The standard InChI is InChI=1S/C19H17Cl3N2/c1-19(2)13-6-4-5-7-16(13)24(3)17(19)8-9-23-18-14(21)10-12(20)11-15(18)22/h4-11H,1-3H3. The van der Waals surface area contributed by atoms with Crippen LogP contribution in [0.25, 0.3) is 0 Å². The van der Waals surface area contributed by atoms with E-state index in [2.05, 4.69) is 55.1 Å². The second kappa shape index (κ2) is 6.44. The number of likely N-dealkylation sites (N-methyl/N-ethyl adjacent to an activating group) is 1. The van der Waals surface area contributed by atoms with Crippen LogP contribution in [-0.4, -0.2) is 13.3 Å². The van der Waals surface area contributed by atoms with Crippen molar-refractivity contribution in [1.29, 1.82) is 0 Å². The predicted octanol–water partition coefficient (Wildman–Crippen LogP) is 6.66. The van der Waals surface area contributed by atoms with Crippen LogP contribution in [0.4, 0.5) is 11.4 Å². The number of aliphatic imine (C=N–C) groups is 1. The lowest BCUT2D eigenvalue weighted by atomic mass is 9.84. The lowest BCUT2D eigenvalue weighted by Crippen LogP contribution is -2.23. The summed E-state index contributed by atoms with van der Waals surface area (Å²) in [6, 6.07) is 11.7. The molecule has 0 unspecified atom stereocenters. The van der Waals surface area contributed by atoms with Crippen molar-refractivity contribution in [2.45, 2.75) is 19.3 Å². The van der Waals surface area contributed by atoms with Crippen molar-refractivity contribution in [3.63, 3.8) is 0 Å². The highest BCUT2D eigenvalue weighted by Crippen LogP contribution is 2.46. The van der Waals surface area contributed by atoms with Crippen molar-refractivity contribution >= 4 is 52.4 Å². The van der Waals surface area contributed by atoms with Gasteiger partial charge in [-0.05, 0) is 29.8 Å².